The monoisotopic (exact) mass is 251 g/mol. The summed E-state index contributed by atoms with van der Waals surface area (Å²) >= 11 is 5.51. The summed E-state index contributed by atoms with van der Waals surface area (Å²) in [6.45, 7) is 3.46. The number of nitroso groups, excluding NO2 is 1. The molecule has 0 aromatic rings. The van der Waals surface area contributed by atoms with Gasteiger partial charge in [-0.2, -0.15) is 5.01 Å². The molecular weight excluding hydrogens is 238 g/mol. The maximum absolute atomic E-state index is 11.2. The molecule has 0 aliphatic rings. The number of alkyl halides is 1. The summed E-state index contributed by atoms with van der Waals surface area (Å²) < 4.78 is 4.64. The molecule has 0 bridgehead atoms. The number of hydrogen-bond acceptors (Lipinski definition) is 5. The van der Waals surface area contributed by atoms with Crippen LogP contribution in [0, 0.1) is 4.91 Å². The Hall–Kier alpha value is -1.37. The average Bonchev–Trinajstić information content (AvgIpc) is 2.18. The van der Waals surface area contributed by atoms with Crippen molar-refractivity contribution in [3.05, 3.63) is 4.91 Å². The number of ether oxygens (including phenoxy) is 1. The normalized spacial score (nSPS) is 11.4. The Bertz CT molecular complexity index is 260. The summed E-state index contributed by atoms with van der Waals surface area (Å²) in [5, 5.41) is 5.29. The molecule has 0 aromatic heterocycles. The highest BCUT2D eigenvalue weighted by Gasteiger charge is 2.18. The number of urea groups is 1. The van der Waals surface area contributed by atoms with Crippen LogP contribution in [0.3, 0.4) is 0 Å². The van der Waals surface area contributed by atoms with Gasteiger partial charge >= 0.3 is 12.0 Å². The second-order valence-corrected chi connectivity index (χ2v) is 3.42. The Morgan fingerprint density at radius 3 is 2.62 bits per heavy atom. The molecule has 0 aromatic carbocycles. The summed E-state index contributed by atoms with van der Waals surface area (Å²) in [4.78, 5) is 32.4. The van der Waals surface area contributed by atoms with Gasteiger partial charge in [-0.05, 0) is 13.8 Å². The van der Waals surface area contributed by atoms with Gasteiger partial charge in [0.15, 0.2) is 0 Å². The van der Waals surface area contributed by atoms with Crippen LogP contribution in [-0.4, -0.2) is 35.7 Å². The van der Waals surface area contributed by atoms with Gasteiger partial charge in [0, 0.05) is 6.54 Å². The Morgan fingerprint density at radius 2 is 2.19 bits per heavy atom. The summed E-state index contributed by atoms with van der Waals surface area (Å²) in [5.41, 5.74) is -0.847. The number of rotatable bonds is 6. The van der Waals surface area contributed by atoms with Crippen LogP contribution in [0.1, 0.15) is 20.3 Å². The van der Waals surface area contributed by atoms with E-state index in [1.54, 1.807) is 6.92 Å². The number of esters is 1. The molecule has 0 saturated heterocycles. The Labute approximate surface area is 98.0 Å². The maximum Gasteiger partial charge on any atom is 0.341 e. The van der Waals surface area contributed by atoms with Crippen LogP contribution in [0.15, 0.2) is 5.29 Å². The molecule has 0 saturated carbocycles. The number of nitrogens with one attached hydrogen (secondary N) is 1. The average molecular weight is 252 g/mol. The zero-order valence-corrected chi connectivity index (χ0v) is 9.86. The molecule has 0 radical (unpaired) electrons. The highest BCUT2D eigenvalue weighted by atomic mass is 35.5. The summed E-state index contributed by atoms with van der Waals surface area (Å²) in [6, 6.07) is -0.748. The minimum absolute atomic E-state index is 0.0307. The van der Waals surface area contributed by atoms with Crippen LogP contribution in [0.5, 0.6) is 0 Å². The first-order valence-electron chi connectivity index (χ1n) is 4.73. The fraction of sp³-hybridized carbons (Fsp3) is 0.750. The van der Waals surface area contributed by atoms with Crippen molar-refractivity contribution in [1.82, 2.24) is 10.3 Å². The van der Waals surface area contributed by atoms with E-state index < -0.39 is 17.5 Å². The van der Waals surface area contributed by atoms with Gasteiger partial charge in [0.05, 0.1) is 18.3 Å². The predicted molar refractivity (Wildman–Crippen MR) is 57.6 cm³/mol. The van der Waals surface area contributed by atoms with Crippen molar-refractivity contribution < 1.29 is 14.3 Å². The Kier molecular flexibility index (Phi) is 7.19. The third-order valence-electron chi connectivity index (χ3n) is 1.54. The Morgan fingerprint density at radius 1 is 1.56 bits per heavy atom. The van der Waals surface area contributed by atoms with Crippen LogP contribution < -0.4 is 5.32 Å². The lowest BCUT2D eigenvalue weighted by Crippen LogP contribution is -2.40. The molecule has 1 atom stereocenters. The second-order valence-electron chi connectivity index (χ2n) is 2.79. The minimum Gasteiger partial charge on any atom is -0.466 e. The number of halogens is 1. The summed E-state index contributed by atoms with van der Waals surface area (Å²) in [6.07, 6.45) is 0.0307. The number of nitrogens with zero attached hydrogens (tertiary/aromatic N) is 2. The van der Waals surface area contributed by atoms with E-state index in [0.717, 1.165) is 0 Å². The van der Waals surface area contributed by atoms with E-state index in [-0.39, 0.29) is 19.6 Å². The van der Waals surface area contributed by atoms with E-state index in [4.69, 9.17) is 11.6 Å². The molecule has 16 heavy (non-hydrogen) atoms. The highest BCUT2D eigenvalue weighted by molar-refractivity contribution is 6.20. The van der Waals surface area contributed by atoms with Crippen molar-refractivity contribution in [2.75, 3.05) is 13.2 Å². The van der Waals surface area contributed by atoms with E-state index in [2.05, 4.69) is 15.3 Å². The molecule has 0 aliphatic carbocycles. The zero-order chi connectivity index (χ0) is 12.6. The molecule has 7 nitrogen and oxygen atoms in total. The van der Waals surface area contributed by atoms with Gasteiger partial charge in [-0.25, -0.2) is 4.79 Å². The molecule has 0 spiro atoms. The molecule has 0 fully saturated rings. The molecule has 0 rings (SSSR count). The molecular formula is C8H14ClN3O4. The molecule has 1 N–H and O–H groups in total. The maximum atomic E-state index is 11.2. The molecule has 2 amide bonds. The first kappa shape index (κ1) is 14.6. The van der Waals surface area contributed by atoms with Crippen molar-refractivity contribution in [3.8, 4) is 0 Å². The van der Waals surface area contributed by atoms with Crippen molar-refractivity contribution in [2.45, 2.75) is 25.8 Å². The number of carbonyl (C=O) groups is 2. The smallest absolute Gasteiger partial charge is 0.341 e. The van der Waals surface area contributed by atoms with E-state index in [0.29, 0.717) is 5.01 Å². The van der Waals surface area contributed by atoms with E-state index in [1.807, 2.05) is 0 Å². The van der Waals surface area contributed by atoms with Crippen molar-refractivity contribution in [3.63, 3.8) is 0 Å². The minimum atomic E-state index is -0.847. The van der Waals surface area contributed by atoms with Crippen molar-refractivity contribution in [1.29, 1.82) is 0 Å². The first-order valence-corrected chi connectivity index (χ1v) is 5.16. The van der Waals surface area contributed by atoms with Crippen molar-refractivity contribution in [2.24, 2.45) is 5.29 Å². The van der Waals surface area contributed by atoms with Gasteiger partial charge < -0.3 is 10.1 Å². The van der Waals surface area contributed by atoms with Crippen LogP contribution >= 0.6 is 11.6 Å². The first-order chi connectivity index (χ1) is 7.52. The number of hydrogen-bond donors (Lipinski definition) is 1. The largest absolute Gasteiger partial charge is 0.466 e. The zero-order valence-electron chi connectivity index (χ0n) is 9.10. The topological polar surface area (TPSA) is 88.1 Å². The van der Waals surface area contributed by atoms with Gasteiger partial charge in [-0.1, -0.05) is 11.6 Å². The lowest BCUT2D eigenvalue weighted by molar-refractivity contribution is -0.142. The standard InChI is InChI=1S/C8H14ClN3O4/c1-3-16-7(13)4-5-10-8(14)12(11-15)6(2)9/h6H,3-5H2,1-2H3,(H,10,14). The van der Waals surface area contributed by atoms with Gasteiger partial charge in [0.2, 0.25) is 0 Å². The highest BCUT2D eigenvalue weighted by Crippen LogP contribution is 2.03. The van der Waals surface area contributed by atoms with Crippen molar-refractivity contribution >= 4 is 23.6 Å². The third kappa shape index (κ3) is 5.50. The van der Waals surface area contributed by atoms with E-state index in [9.17, 15) is 14.5 Å². The van der Waals surface area contributed by atoms with E-state index in [1.165, 1.54) is 6.92 Å². The third-order valence-corrected chi connectivity index (χ3v) is 1.73. The molecule has 1 unspecified atom stereocenters. The molecule has 8 heteroatoms. The Balaban J connectivity index is 3.88. The number of amides is 2. The van der Waals surface area contributed by atoms with Gasteiger partial charge in [-0.15, -0.1) is 4.91 Å². The van der Waals surface area contributed by atoms with Crippen LogP contribution in [0.2, 0.25) is 0 Å². The SMILES string of the molecule is CCOC(=O)CCNC(=O)N(N=O)C(C)Cl. The van der Waals surface area contributed by atoms with Gasteiger partial charge in [-0.3, -0.25) is 4.79 Å². The summed E-state index contributed by atoms with van der Waals surface area (Å²) in [5.74, 6) is -0.424. The quantitative estimate of drug-likeness (QED) is 0.253. The number of carbonyl (C=O) groups excluding carboxylic acids is 2. The fourth-order valence-corrected chi connectivity index (χ4v) is 0.974. The lowest BCUT2D eigenvalue weighted by atomic mass is 10.4. The van der Waals surface area contributed by atoms with Crippen LogP contribution in [-0.2, 0) is 9.53 Å². The molecule has 92 valence electrons. The van der Waals surface area contributed by atoms with Crippen LogP contribution in [0.4, 0.5) is 4.79 Å². The molecule has 0 heterocycles. The fourth-order valence-electron chi connectivity index (χ4n) is 0.849. The van der Waals surface area contributed by atoms with Gasteiger partial charge in [0.25, 0.3) is 0 Å². The second kappa shape index (κ2) is 7.86. The molecule has 0 aliphatic heterocycles. The van der Waals surface area contributed by atoms with Gasteiger partial charge in [0.1, 0.15) is 5.50 Å². The van der Waals surface area contributed by atoms with E-state index >= 15 is 0 Å². The predicted octanol–water partition coefficient (Wildman–Crippen LogP) is 1.22. The lowest BCUT2D eigenvalue weighted by Gasteiger charge is -2.15. The van der Waals surface area contributed by atoms with Crippen LogP contribution in [0.25, 0.3) is 0 Å². The summed E-state index contributed by atoms with van der Waals surface area (Å²) in [7, 11) is 0.